The van der Waals surface area contributed by atoms with Gasteiger partial charge in [-0.15, -0.1) is 4.36 Å². The minimum Gasteiger partial charge on any atom is -0.442 e. The molecule has 0 spiro atoms. The van der Waals surface area contributed by atoms with Gasteiger partial charge in [-0.05, 0) is 39.0 Å². The van der Waals surface area contributed by atoms with Crippen LogP contribution in [0.3, 0.4) is 0 Å². The van der Waals surface area contributed by atoms with Crippen LogP contribution in [-0.2, 0) is 14.5 Å². The Morgan fingerprint density at radius 3 is 2.42 bits per heavy atom. The maximum Gasteiger partial charge on any atom is 0.442 e. The molecule has 1 atom stereocenters. The second-order valence-electron chi connectivity index (χ2n) is 4.98. The summed E-state index contributed by atoms with van der Waals surface area (Å²) >= 11 is 3.10. The van der Waals surface area contributed by atoms with E-state index in [0.29, 0.717) is 4.47 Å². The molecule has 7 heteroatoms. The number of carbonyl (C=O) groups excluding carboxylic acids is 1. The van der Waals surface area contributed by atoms with Crippen LogP contribution in [0.4, 0.5) is 9.18 Å². The average molecular weight is 352 g/mol. The molecular weight excluding hydrogens is 337 g/mol. The highest BCUT2D eigenvalue weighted by Gasteiger charge is 2.18. The van der Waals surface area contributed by atoms with Gasteiger partial charge in [0.05, 0.1) is 14.6 Å². The van der Waals surface area contributed by atoms with Crippen molar-refractivity contribution in [2.75, 3.05) is 6.26 Å². The number of amides is 1. The Hall–Kier alpha value is -0.950. The third-order valence-corrected chi connectivity index (χ3v) is 3.98. The maximum atomic E-state index is 13.3. The van der Waals surface area contributed by atoms with E-state index in [9.17, 15) is 13.4 Å². The Morgan fingerprint density at radius 1 is 1.37 bits per heavy atom. The van der Waals surface area contributed by atoms with Gasteiger partial charge in [0.25, 0.3) is 0 Å². The number of hydrogen-bond donors (Lipinski definition) is 0. The summed E-state index contributed by atoms with van der Waals surface area (Å²) in [6, 6.07) is 3.77. The largest absolute Gasteiger partial charge is 0.442 e. The van der Waals surface area contributed by atoms with Crippen LogP contribution in [0.1, 0.15) is 20.8 Å². The molecule has 0 fully saturated rings. The van der Waals surface area contributed by atoms with Crippen molar-refractivity contribution < 1.29 is 18.1 Å². The number of rotatable bonds is 1. The highest BCUT2D eigenvalue weighted by Crippen LogP contribution is 2.20. The van der Waals surface area contributed by atoms with Gasteiger partial charge in [-0.3, -0.25) is 0 Å². The van der Waals surface area contributed by atoms with Crippen LogP contribution >= 0.6 is 15.9 Å². The van der Waals surface area contributed by atoms with E-state index < -0.39 is 27.2 Å². The van der Waals surface area contributed by atoms with E-state index in [1.807, 2.05) is 0 Å². The number of benzene rings is 1. The monoisotopic (exact) mass is 351 g/mol. The SMILES string of the molecule is CC(C)(C)OC(=O)N=S(C)(=O)c1cc(F)cc(Br)c1. The molecule has 1 amide bonds. The third-order valence-electron chi connectivity index (χ3n) is 1.92. The molecular formula is C12H15BrFNO3S. The molecule has 0 heterocycles. The Kier molecular flexibility index (Phi) is 4.73. The zero-order valence-electron chi connectivity index (χ0n) is 11.1. The van der Waals surface area contributed by atoms with Gasteiger partial charge < -0.3 is 4.74 Å². The molecule has 0 bridgehead atoms. The number of carbonyl (C=O) groups is 1. The van der Waals surface area contributed by atoms with E-state index in [0.717, 1.165) is 6.07 Å². The van der Waals surface area contributed by atoms with Crippen molar-refractivity contribution >= 4 is 31.8 Å². The molecule has 0 saturated heterocycles. The first-order valence-corrected chi connectivity index (χ1v) is 8.12. The van der Waals surface area contributed by atoms with Gasteiger partial charge in [0.1, 0.15) is 11.4 Å². The zero-order valence-corrected chi connectivity index (χ0v) is 13.5. The highest BCUT2D eigenvalue weighted by atomic mass is 79.9. The van der Waals surface area contributed by atoms with Crippen molar-refractivity contribution in [3.63, 3.8) is 0 Å². The number of hydrogen-bond acceptors (Lipinski definition) is 3. The van der Waals surface area contributed by atoms with Gasteiger partial charge in [0.15, 0.2) is 0 Å². The molecule has 0 N–H and O–H groups in total. The molecule has 0 aliphatic heterocycles. The van der Waals surface area contributed by atoms with E-state index in [4.69, 9.17) is 4.74 Å². The van der Waals surface area contributed by atoms with Crippen molar-refractivity contribution in [3.05, 3.63) is 28.5 Å². The molecule has 0 aliphatic rings. The standard InChI is InChI=1S/C12H15BrFNO3S/c1-12(2,3)18-11(16)15-19(4,17)10-6-8(13)5-9(14)7-10/h5-7H,1-4H3. The molecule has 1 rings (SSSR count). The molecule has 0 saturated carbocycles. The molecule has 1 aromatic carbocycles. The van der Waals surface area contributed by atoms with Crippen molar-refractivity contribution in [3.8, 4) is 0 Å². The van der Waals surface area contributed by atoms with E-state index in [1.165, 1.54) is 18.4 Å². The van der Waals surface area contributed by atoms with E-state index in [2.05, 4.69) is 20.3 Å². The molecule has 0 radical (unpaired) electrons. The van der Waals surface area contributed by atoms with Crippen molar-refractivity contribution in [2.24, 2.45) is 4.36 Å². The van der Waals surface area contributed by atoms with Crippen LogP contribution in [0.5, 0.6) is 0 Å². The molecule has 106 valence electrons. The molecule has 1 aromatic rings. The number of nitrogens with zero attached hydrogens (tertiary/aromatic N) is 1. The number of halogens is 2. The molecule has 1 unspecified atom stereocenters. The Labute approximate surface area is 120 Å². The van der Waals surface area contributed by atoms with Crippen molar-refractivity contribution in [1.29, 1.82) is 0 Å². The van der Waals surface area contributed by atoms with Crippen molar-refractivity contribution in [2.45, 2.75) is 31.3 Å². The van der Waals surface area contributed by atoms with Crippen LogP contribution in [-0.4, -0.2) is 22.2 Å². The van der Waals surface area contributed by atoms with Gasteiger partial charge in [0.2, 0.25) is 0 Å². The van der Waals surface area contributed by atoms with E-state index >= 15 is 0 Å². The summed E-state index contributed by atoms with van der Waals surface area (Å²) in [7, 11) is -3.05. The second kappa shape index (κ2) is 5.58. The fourth-order valence-electron chi connectivity index (χ4n) is 1.22. The average Bonchev–Trinajstić information content (AvgIpc) is 2.11. The Balaban J connectivity index is 3.16. The lowest BCUT2D eigenvalue weighted by Gasteiger charge is -2.17. The van der Waals surface area contributed by atoms with Crippen LogP contribution in [0.25, 0.3) is 0 Å². The van der Waals surface area contributed by atoms with Gasteiger partial charge in [-0.2, -0.15) is 0 Å². The molecule has 4 nitrogen and oxygen atoms in total. The zero-order chi connectivity index (χ0) is 14.8. The Bertz CT molecular complexity index is 596. The summed E-state index contributed by atoms with van der Waals surface area (Å²) in [5.74, 6) is -0.557. The first-order valence-electron chi connectivity index (χ1n) is 5.41. The van der Waals surface area contributed by atoms with Crippen LogP contribution in [0.15, 0.2) is 31.9 Å². The lowest BCUT2D eigenvalue weighted by molar-refractivity contribution is 0.0607. The molecule has 19 heavy (non-hydrogen) atoms. The highest BCUT2D eigenvalue weighted by molar-refractivity contribution is 9.10. The lowest BCUT2D eigenvalue weighted by atomic mass is 10.2. The maximum absolute atomic E-state index is 13.3. The van der Waals surface area contributed by atoms with Gasteiger partial charge >= 0.3 is 6.09 Å². The minimum atomic E-state index is -3.05. The van der Waals surface area contributed by atoms with Crippen LogP contribution in [0.2, 0.25) is 0 Å². The minimum absolute atomic E-state index is 0.130. The fourth-order valence-corrected chi connectivity index (χ4v) is 2.94. The lowest BCUT2D eigenvalue weighted by Crippen LogP contribution is -2.22. The van der Waals surface area contributed by atoms with Crippen LogP contribution < -0.4 is 0 Å². The van der Waals surface area contributed by atoms with Gasteiger partial charge in [-0.1, -0.05) is 15.9 Å². The summed E-state index contributed by atoms with van der Waals surface area (Å²) in [6.07, 6.45) is 0.332. The first-order chi connectivity index (χ1) is 8.49. The predicted molar refractivity (Wildman–Crippen MR) is 75.1 cm³/mol. The van der Waals surface area contributed by atoms with Gasteiger partial charge in [0, 0.05) is 10.7 Å². The van der Waals surface area contributed by atoms with E-state index in [1.54, 1.807) is 20.8 Å². The van der Waals surface area contributed by atoms with Gasteiger partial charge in [-0.25, -0.2) is 13.4 Å². The van der Waals surface area contributed by atoms with Crippen molar-refractivity contribution in [1.82, 2.24) is 0 Å². The number of ether oxygens (including phenoxy) is 1. The summed E-state index contributed by atoms with van der Waals surface area (Å²) in [5.41, 5.74) is -0.724. The van der Waals surface area contributed by atoms with Crippen LogP contribution in [0, 0.1) is 5.82 Å². The Morgan fingerprint density at radius 2 is 1.95 bits per heavy atom. The molecule has 0 aliphatic carbocycles. The molecule has 0 aromatic heterocycles. The third kappa shape index (κ3) is 5.28. The quantitative estimate of drug-likeness (QED) is 0.768. The fraction of sp³-hybridized carbons (Fsp3) is 0.417. The summed E-state index contributed by atoms with van der Waals surface area (Å²) < 4.78 is 34.5. The predicted octanol–water partition coefficient (Wildman–Crippen LogP) is 3.98. The van der Waals surface area contributed by atoms with E-state index in [-0.39, 0.29) is 4.90 Å². The summed E-state index contributed by atoms with van der Waals surface area (Å²) in [5, 5.41) is 0. The smallest absolute Gasteiger partial charge is 0.442 e. The summed E-state index contributed by atoms with van der Waals surface area (Å²) in [6.45, 7) is 5.03. The summed E-state index contributed by atoms with van der Waals surface area (Å²) in [4.78, 5) is 11.7. The second-order valence-corrected chi connectivity index (χ2v) is 8.15. The first kappa shape index (κ1) is 16.1. The normalized spacial score (nSPS) is 14.6. The topological polar surface area (TPSA) is 55.7 Å².